The van der Waals surface area contributed by atoms with Crippen LogP contribution in [0.5, 0.6) is 11.5 Å². The second-order valence-corrected chi connectivity index (χ2v) is 10.4. The number of hydrogen-bond donors (Lipinski definition) is 0. The van der Waals surface area contributed by atoms with Crippen LogP contribution in [0.1, 0.15) is 47.6 Å². The number of nitrogens with zero attached hydrogens (tertiary/aromatic N) is 2. The van der Waals surface area contributed by atoms with Crippen LogP contribution in [-0.4, -0.2) is 70.6 Å². The Hall–Kier alpha value is -2.62. The standard InChI is InChI=1S/C25H32N2O6S/c1-31-21-10-7-19(8-11-21)22-6-4-3-5-13-27(22)25(28)20-9-12-23(32-2)24(18-20)34(29,30)26-14-16-33-17-15-26/h7-12,18,22H,3-6,13-17H2,1-2H3/t22-/m0/s1. The lowest BCUT2D eigenvalue weighted by Crippen LogP contribution is -2.41. The molecule has 0 aliphatic carbocycles. The van der Waals surface area contributed by atoms with E-state index in [0.717, 1.165) is 37.0 Å². The summed E-state index contributed by atoms with van der Waals surface area (Å²) >= 11 is 0. The summed E-state index contributed by atoms with van der Waals surface area (Å²) in [6, 6.07) is 12.4. The van der Waals surface area contributed by atoms with Gasteiger partial charge in [0.05, 0.1) is 33.5 Å². The summed E-state index contributed by atoms with van der Waals surface area (Å²) in [5.41, 5.74) is 1.39. The van der Waals surface area contributed by atoms with Gasteiger partial charge in [-0.25, -0.2) is 8.42 Å². The van der Waals surface area contributed by atoms with Gasteiger partial charge in [0.1, 0.15) is 16.4 Å². The minimum absolute atomic E-state index is 0.0126. The van der Waals surface area contributed by atoms with Gasteiger partial charge in [0, 0.05) is 25.2 Å². The number of ether oxygens (including phenoxy) is 3. The summed E-state index contributed by atoms with van der Waals surface area (Å²) in [5, 5.41) is 0. The van der Waals surface area contributed by atoms with E-state index in [0.29, 0.717) is 25.3 Å². The van der Waals surface area contributed by atoms with E-state index in [4.69, 9.17) is 14.2 Å². The topological polar surface area (TPSA) is 85.4 Å². The van der Waals surface area contributed by atoms with Crippen LogP contribution in [0.15, 0.2) is 47.4 Å². The Morgan fingerprint density at radius 3 is 2.35 bits per heavy atom. The normalized spacial score (nSPS) is 19.9. The van der Waals surface area contributed by atoms with Crippen molar-refractivity contribution in [2.75, 3.05) is 47.1 Å². The Balaban J connectivity index is 1.68. The van der Waals surface area contributed by atoms with Crippen molar-refractivity contribution in [1.29, 1.82) is 0 Å². The van der Waals surface area contributed by atoms with E-state index < -0.39 is 10.0 Å². The molecular weight excluding hydrogens is 456 g/mol. The molecule has 2 aromatic carbocycles. The lowest BCUT2D eigenvalue weighted by Gasteiger charge is -2.31. The molecule has 0 bridgehead atoms. The maximum Gasteiger partial charge on any atom is 0.254 e. The molecule has 0 spiro atoms. The maximum atomic E-state index is 13.7. The highest BCUT2D eigenvalue weighted by molar-refractivity contribution is 7.89. The van der Waals surface area contributed by atoms with Crippen LogP contribution in [0, 0.1) is 0 Å². The van der Waals surface area contributed by atoms with Gasteiger partial charge in [-0.1, -0.05) is 25.0 Å². The predicted molar refractivity (Wildman–Crippen MR) is 128 cm³/mol. The second kappa shape index (κ2) is 10.8. The fourth-order valence-corrected chi connectivity index (χ4v) is 6.22. The lowest BCUT2D eigenvalue weighted by atomic mass is 10.00. The molecule has 34 heavy (non-hydrogen) atoms. The molecule has 0 aromatic heterocycles. The van der Waals surface area contributed by atoms with Crippen LogP contribution in [-0.2, 0) is 14.8 Å². The molecule has 8 nitrogen and oxygen atoms in total. The number of hydrogen-bond acceptors (Lipinski definition) is 6. The van der Waals surface area contributed by atoms with E-state index in [1.54, 1.807) is 19.2 Å². The van der Waals surface area contributed by atoms with E-state index >= 15 is 0 Å². The molecule has 0 radical (unpaired) electrons. The summed E-state index contributed by atoms with van der Waals surface area (Å²) in [4.78, 5) is 15.6. The summed E-state index contributed by atoms with van der Waals surface area (Å²) in [5.74, 6) is 0.817. The van der Waals surface area contributed by atoms with Crippen LogP contribution in [0.25, 0.3) is 0 Å². The van der Waals surface area contributed by atoms with E-state index in [-0.39, 0.29) is 35.7 Å². The van der Waals surface area contributed by atoms with Crippen molar-refractivity contribution < 1.29 is 27.4 Å². The zero-order chi connectivity index (χ0) is 24.1. The van der Waals surface area contributed by atoms with Gasteiger partial charge in [0.15, 0.2) is 0 Å². The summed E-state index contributed by atoms with van der Waals surface area (Å²) < 4.78 is 44.1. The molecule has 2 heterocycles. The first-order valence-corrected chi connectivity index (χ1v) is 13.1. The Bertz CT molecular complexity index is 1100. The molecule has 1 atom stereocenters. The van der Waals surface area contributed by atoms with Crippen molar-refractivity contribution >= 4 is 15.9 Å². The minimum Gasteiger partial charge on any atom is -0.497 e. The average Bonchev–Trinajstić information content (AvgIpc) is 3.14. The fourth-order valence-electron chi connectivity index (χ4n) is 4.63. The third-order valence-corrected chi connectivity index (χ3v) is 8.43. The van der Waals surface area contributed by atoms with Crippen LogP contribution in [0.2, 0.25) is 0 Å². The Morgan fingerprint density at radius 1 is 0.941 bits per heavy atom. The van der Waals surface area contributed by atoms with Crippen LogP contribution in [0.4, 0.5) is 0 Å². The third-order valence-electron chi connectivity index (χ3n) is 6.51. The first-order chi connectivity index (χ1) is 16.5. The molecule has 184 valence electrons. The molecule has 0 N–H and O–H groups in total. The number of carbonyl (C=O) groups excluding carboxylic acids is 1. The number of rotatable bonds is 6. The van der Waals surface area contributed by atoms with Crippen molar-refractivity contribution in [2.24, 2.45) is 0 Å². The van der Waals surface area contributed by atoms with Crippen molar-refractivity contribution in [2.45, 2.75) is 36.6 Å². The molecular formula is C25H32N2O6S. The quantitative estimate of drug-likeness (QED) is 0.619. The number of sulfonamides is 1. The first kappa shape index (κ1) is 24.5. The molecule has 2 aliphatic heterocycles. The van der Waals surface area contributed by atoms with Crippen molar-refractivity contribution in [3.63, 3.8) is 0 Å². The number of likely N-dealkylation sites (tertiary alicyclic amines) is 1. The molecule has 9 heteroatoms. The van der Waals surface area contributed by atoms with E-state index in [2.05, 4.69) is 0 Å². The zero-order valence-corrected chi connectivity index (χ0v) is 20.6. The molecule has 2 aromatic rings. The van der Waals surface area contributed by atoms with E-state index in [1.165, 1.54) is 17.5 Å². The van der Waals surface area contributed by atoms with Crippen LogP contribution < -0.4 is 9.47 Å². The third kappa shape index (κ3) is 5.06. The molecule has 0 saturated carbocycles. The minimum atomic E-state index is -3.83. The van der Waals surface area contributed by atoms with Gasteiger partial charge >= 0.3 is 0 Å². The van der Waals surface area contributed by atoms with Gasteiger partial charge in [-0.05, 0) is 48.7 Å². The van der Waals surface area contributed by atoms with Gasteiger partial charge in [-0.15, -0.1) is 0 Å². The van der Waals surface area contributed by atoms with Gasteiger partial charge in [0.2, 0.25) is 10.0 Å². The molecule has 4 rings (SSSR count). The predicted octanol–water partition coefficient (Wildman–Crippen LogP) is 3.48. The largest absolute Gasteiger partial charge is 0.497 e. The SMILES string of the molecule is COc1ccc([C@@H]2CCCCCN2C(=O)c2ccc(OC)c(S(=O)(=O)N3CCOCC3)c2)cc1. The fraction of sp³-hybridized carbons (Fsp3) is 0.480. The molecule has 2 fully saturated rings. The van der Waals surface area contributed by atoms with Gasteiger partial charge in [-0.3, -0.25) is 4.79 Å². The van der Waals surface area contributed by atoms with Gasteiger partial charge in [-0.2, -0.15) is 4.31 Å². The van der Waals surface area contributed by atoms with Crippen molar-refractivity contribution in [1.82, 2.24) is 9.21 Å². The van der Waals surface area contributed by atoms with E-state index in [1.807, 2.05) is 29.2 Å². The summed E-state index contributed by atoms with van der Waals surface area (Å²) in [6.07, 6.45) is 3.84. The highest BCUT2D eigenvalue weighted by Gasteiger charge is 2.32. The highest BCUT2D eigenvalue weighted by Crippen LogP contribution is 2.34. The Morgan fingerprint density at radius 2 is 1.68 bits per heavy atom. The van der Waals surface area contributed by atoms with Crippen LogP contribution >= 0.6 is 0 Å². The highest BCUT2D eigenvalue weighted by atomic mass is 32.2. The number of benzene rings is 2. The van der Waals surface area contributed by atoms with Crippen molar-refractivity contribution in [3.05, 3.63) is 53.6 Å². The smallest absolute Gasteiger partial charge is 0.254 e. The first-order valence-electron chi connectivity index (χ1n) is 11.7. The van der Waals surface area contributed by atoms with Crippen molar-refractivity contribution in [3.8, 4) is 11.5 Å². The Labute approximate surface area is 201 Å². The molecule has 1 amide bonds. The summed E-state index contributed by atoms with van der Waals surface area (Å²) in [6.45, 7) is 1.85. The second-order valence-electron chi connectivity index (χ2n) is 8.52. The lowest BCUT2D eigenvalue weighted by molar-refractivity contribution is 0.0680. The number of carbonyl (C=O) groups is 1. The number of morpholine rings is 1. The van der Waals surface area contributed by atoms with E-state index in [9.17, 15) is 13.2 Å². The Kier molecular flexibility index (Phi) is 7.75. The van der Waals surface area contributed by atoms with Gasteiger partial charge < -0.3 is 19.1 Å². The number of methoxy groups -OCH3 is 2. The molecule has 0 unspecified atom stereocenters. The van der Waals surface area contributed by atoms with Crippen LogP contribution in [0.3, 0.4) is 0 Å². The van der Waals surface area contributed by atoms with Gasteiger partial charge in [0.25, 0.3) is 5.91 Å². The monoisotopic (exact) mass is 488 g/mol. The maximum absolute atomic E-state index is 13.7. The number of amides is 1. The zero-order valence-electron chi connectivity index (χ0n) is 19.7. The average molecular weight is 489 g/mol. The molecule has 2 saturated heterocycles. The molecule has 2 aliphatic rings. The summed E-state index contributed by atoms with van der Waals surface area (Å²) in [7, 11) is -0.767.